The molecule has 0 unspecified atom stereocenters. The number of rotatable bonds is 6. The van der Waals surface area contributed by atoms with Gasteiger partial charge in [-0.05, 0) is 61.9 Å². The van der Waals surface area contributed by atoms with Crippen LogP contribution < -0.4 is 10.1 Å². The molecule has 0 radical (unpaired) electrons. The Morgan fingerprint density at radius 2 is 2.00 bits per heavy atom. The molecule has 8 nitrogen and oxygen atoms in total. The first kappa shape index (κ1) is 21.3. The number of nitro benzene ring substituents is 1. The molecule has 1 N–H and O–H groups in total. The maximum Gasteiger partial charge on any atom is 0.311 e. The van der Waals surface area contributed by atoms with Crippen LogP contribution >= 0.6 is 11.6 Å². The summed E-state index contributed by atoms with van der Waals surface area (Å²) in [6.45, 7) is 3.96. The molecule has 1 heterocycles. The summed E-state index contributed by atoms with van der Waals surface area (Å²) in [5.41, 5.74) is 3.16. The van der Waals surface area contributed by atoms with Crippen LogP contribution in [-0.2, 0) is 0 Å². The number of carbonyl (C=O) groups excluding carboxylic acids is 1. The van der Waals surface area contributed by atoms with Gasteiger partial charge < -0.3 is 14.5 Å². The van der Waals surface area contributed by atoms with Crippen molar-refractivity contribution in [1.29, 1.82) is 0 Å². The van der Waals surface area contributed by atoms with Crippen LogP contribution in [0.3, 0.4) is 0 Å². The van der Waals surface area contributed by atoms with E-state index in [2.05, 4.69) is 10.3 Å². The number of anilines is 1. The van der Waals surface area contributed by atoms with E-state index in [-0.39, 0.29) is 23.6 Å². The minimum absolute atomic E-state index is 0.106. The Kier molecular flexibility index (Phi) is 5.79. The Morgan fingerprint density at radius 3 is 2.75 bits per heavy atom. The molecular weight excluding hydrogens is 434 g/mol. The summed E-state index contributed by atoms with van der Waals surface area (Å²) in [5, 5.41) is 14.5. The van der Waals surface area contributed by atoms with Gasteiger partial charge in [-0.15, -0.1) is 0 Å². The van der Waals surface area contributed by atoms with Crippen molar-refractivity contribution >= 4 is 40.0 Å². The first-order valence-corrected chi connectivity index (χ1v) is 10.1. The summed E-state index contributed by atoms with van der Waals surface area (Å²) in [6, 6.07) is 14.6. The van der Waals surface area contributed by atoms with E-state index < -0.39 is 10.8 Å². The summed E-state index contributed by atoms with van der Waals surface area (Å²) in [4.78, 5) is 28.0. The van der Waals surface area contributed by atoms with Crippen LogP contribution in [0, 0.1) is 17.0 Å². The maximum atomic E-state index is 12.7. The van der Waals surface area contributed by atoms with Gasteiger partial charge in [0.25, 0.3) is 5.91 Å². The minimum atomic E-state index is -0.586. The molecule has 0 saturated carbocycles. The number of aromatic nitrogens is 1. The van der Waals surface area contributed by atoms with Gasteiger partial charge in [0.2, 0.25) is 5.89 Å². The van der Waals surface area contributed by atoms with Crippen LogP contribution in [0.2, 0.25) is 5.02 Å². The van der Waals surface area contributed by atoms with Crippen LogP contribution in [0.4, 0.5) is 11.4 Å². The van der Waals surface area contributed by atoms with Crippen molar-refractivity contribution < 1.29 is 18.9 Å². The fourth-order valence-corrected chi connectivity index (χ4v) is 3.40. The van der Waals surface area contributed by atoms with Gasteiger partial charge in [-0.3, -0.25) is 14.9 Å². The summed E-state index contributed by atoms with van der Waals surface area (Å²) in [6.07, 6.45) is 0. The van der Waals surface area contributed by atoms with Crippen molar-refractivity contribution in [2.75, 3.05) is 11.9 Å². The van der Waals surface area contributed by atoms with Gasteiger partial charge in [-0.2, -0.15) is 0 Å². The molecule has 0 spiro atoms. The Balaban J connectivity index is 1.63. The zero-order valence-electron chi connectivity index (χ0n) is 17.2. The molecule has 162 valence electrons. The van der Waals surface area contributed by atoms with E-state index in [9.17, 15) is 14.9 Å². The standard InChI is InChI=1S/C23H18ClN3O5/c1-3-31-21-9-5-14(11-19(21)27(29)30)22(28)25-15-6-7-17(24)16(12-15)23-26-18-10-13(2)4-8-20(18)32-23/h4-12H,3H2,1-2H3,(H,25,28). The van der Waals surface area contributed by atoms with Crippen LogP contribution in [0.25, 0.3) is 22.6 Å². The number of halogens is 1. The molecule has 1 amide bonds. The van der Waals surface area contributed by atoms with Crippen LogP contribution in [0.1, 0.15) is 22.8 Å². The highest BCUT2D eigenvalue weighted by molar-refractivity contribution is 6.33. The topological polar surface area (TPSA) is 108 Å². The quantitative estimate of drug-likeness (QED) is 0.284. The monoisotopic (exact) mass is 451 g/mol. The molecule has 4 rings (SSSR count). The number of carbonyl (C=O) groups is 1. The fraction of sp³-hybridized carbons (Fsp3) is 0.130. The number of hydrogen-bond acceptors (Lipinski definition) is 6. The lowest BCUT2D eigenvalue weighted by Crippen LogP contribution is -2.12. The number of nitrogens with one attached hydrogen (secondary N) is 1. The molecule has 0 aliphatic carbocycles. The average molecular weight is 452 g/mol. The van der Waals surface area contributed by atoms with Gasteiger partial charge >= 0.3 is 5.69 Å². The molecule has 32 heavy (non-hydrogen) atoms. The van der Waals surface area contributed by atoms with Crippen molar-refractivity contribution in [3.63, 3.8) is 0 Å². The van der Waals surface area contributed by atoms with E-state index in [1.165, 1.54) is 18.2 Å². The van der Waals surface area contributed by atoms with Gasteiger partial charge in [0.1, 0.15) is 5.52 Å². The molecule has 4 aromatic rings. The van der Waals surface area contributed by atoms with Crippen LogP contribution in [-0.4, -0.2) is 22.4 Å². The number of nitrogens with zero attached hydrogens (tertiary/aromatic N) is 2. The van der Waals surface area contributed by atoms with Gasteiger partial charge in [-0.25, -0.2) is 4.98 Å². The predicted molar refractivity (Wildman–Crippen MR) is 121 cm³/mol. The van der Waals surface area contributed by atoms with Gasteiger partial charge in [0.15, 0.2) is 11.3 Å². The molecule has 0 saturated heterocycles. The highest BCUT2D eigenvalue weighted by atomic mass is 35.5. The van der Waals surface area contributed by atoms with Crippen molar-refractivity contribution in [3.8, 4) is 17.2 Å². The van der Waals surface area contributed by atoms with Gasteiger partial charge in [-0.1, -0.05) is 17.7 Å². The first-order valence-electron chi connectivity index (χ1n) is 9.75. The van der Waals surface area contributed by atoms with E-state index in [0.717, 1.165) is 5.56 Å². The molecule has 0 atom stereocenters. The lowest BCUT2D eigenvalue weighted by Gasteiger charge is -2.09. The van der Waals surface area contributed by atoms with Crippen molar-refractivity contribution in [2.24, 2.45) is 0 Å². The molecular formula is C23H18ClN3O5. The number of amides is 1. The minimum Gasteiger partial charge on any atom is -0.487 e. The average Bonchev–Trinajstić information content (AvgIpc) is 3.18. The van der Waals surface area contributed by atoms with Crippen molar-refractivity contribution in [1.82, 2.24) is 4.98 Å². The van der Waals surface area contributed by atoms with Gasteiger partial charge in [0.05, 0.1) is 22.1 Å². The van der Waals surface area contributed by atoms with E-state index in [1.54, 1.807) is 25.1 Å². The Morgan fingerprint density at radius 1 is 1.19 bits per heavy atom. The number of hydrogen-bond donors (Lipinski definition) is 1. The summed E-state index contributed by atoms with van der Waals surface area (Å²) < 4.78 is 11.1. The zero-order chi connectivity index (χ0) is 22.8. The summed E-state index contributed by atoms with van der Waals surface area (Å²) in [5.74, 6) is -0.0879. The SMILES string of the molecule is CCOc1ccc(C(=O)Nc2ccc(Cl)c(-c3nc4cc(C)ccc4o3)c2)cc1[N+](=O)[O-]. The molecule has 0 aliphatic heterocycles. The molecule has 0 bridgehead atoms. The Hall–Kier alpha value is -3.91. The molecule has 0 aliphatic rings. The number of nitro groups is 1. The highest BCUT2D eigenvalue weighted by Crippen LogP contribution is 2.33. The largest absolute Gasteiger partial charge is 0.487 e. The third-order valence-corrected chi connectivity index (χ3v) is 5.04. The van der Waals surface area contributed by atoms with Crippen molar-refractivity contribution in [3.05, 3.63) is 80.9 Å². The third kappa shape index (κ3) is 4.26. The number of ether oxygens (including phenoxy) is 1. The zero-order valence-corrected chi connectivity index (χ0v) is 18.0. The van der Waals surface area contributed by atoms with E-state index >= 15 is 0 Å². The second-order valence-corrected chi connectivity index (χ2v) is 7.42. The Labute approximate surface area is 187 Å². The van der Waals surface area contributed by atoms with Crippen LogP contribution in [0.15, 0.2) is 59.0 Å². The smallest absolute Gasteiger partial charge is 0.311 e. The number of oxazole rings is 1. The fourth-order valence-electron chi connectivity index (χ4n) is 3.20. The van der Waals surface area contributed by atoms with E-state index in [4.69, 9.17) is 20.8 Å². The lowest BCUT2D eigenvalue weighted by atomic mass is 10.1. The highest BCUT2D eigenvalue weighted by Gasteiger charge is 2.19. The van der Waals surface area contributed by atoms with E-state index in [0.29, 0.717) is 33.3 Å². The van der Waals surface area contributed by atoms with Crippen molar-refractivity contribution in [2.45, 2.75) is 13.8 Å². The van der Waals surface area contributed by atoms with Crippen LogP contribution in [0.5, 0.6) is 5.75 Å². The number of benzene rings is 3. The second-order valence-electron chi connectivity index (χ2n) is 7.01. The first-order chi connectivity index (χ1) is 15.4. The third-order valence-electron chi connectivity index (χ3n) is 4.72. The normalized spacial score (nSPS) is 10.8. The second kappa shape index (κ2) is 8.68. The summed E-state index contributed by atoms with van der Waals surface area (Å²) in [7, 11) is 0. The maximum absolute atomic E-state index is 12.7. The molecule has 1 aromatic heterocycles. The number of aryl methyl sites for hydroxylation is 1. The molecule has 9 heteroatoms. The molecule has 0 fully saturated rings. The Bertz CT molecular complexity index is 1350. The van der Waals surface area contributed by atoms with E-state index in [1.807, 2.05) is 25.1 Å². The summed E-state index contributed by atoms with van der Waals surface area (Å²) >= 11 is 6.34. The lowest BCUT2D eigenvalue weighted by molar-refractivity contribution is -0.385. The predicted octanol–water partition coefficient (Wildman–Crippen LogP) is 6.02. The molecule has 3 aromatic carbocycles. The number of fused-ring (bicyclic) bond motifs is 1. The van der Waals surface area contributed by atoms with Gasteiger partial charge in [0, 0.05) is 17.3 Å².